The molecule has 0 saturated carbocycles. The minimum atomic E-state index is -4.73. The average molecular weight is 724 g/mol. The zero-order valence-corrected chi connectivity index (χ0v) is 30.9. The first-order chi connectivity index (χ1) is 22.5. The maximum atomic E-state index is 14.1. The Morgan fingerprint density at radius 3 is 2.58 bits per heavy atom. The number of nitrogens with zero attached hydrogens (tertiary/aromatic N) is 4. The molecule has 2 saturated heterocycles. The average Bonchev–Trinajstić information content (AvgIpc) is 3.71. The predicted molar refractivity (Wildman–Crippen MR) is 185 cm³/mol. The normalized spacial score (nSPS) is 21.4. The Balaban J connectivity index is 1.18. The number of hydrogen-bond acceptors (Lipinski definition) is 10. The highest BCUT2D eigenvalue weighted by Crippen LogP contribution is 2.43. The van der Waals surface area contributed by atoms with E-state index >= 15 is 0 Å². The van der Waals surface area contributed by atoms with Crippen LogP contribution < -0.4 is 10.2 Å². The summed E-state index contributed by atoms with van der Waals surface area (Å²) in [6.07, 6.45) is -2.17. The third-order valence-corrected chi connectivity index (χ3v) is 17.7. The van der Waals surface area contributed by atoms with Gasteiger partial charge in [0.15, 0.2) is 18.2 Å². The van der Waals surface area contributed by atoms with Crippen LogP contribution in [0.4, 0.5) is 30.5 Å². The van der Waals surface area contributed by atoms with Gasteiger partial charge < -0.3 is 19.4 Å². The van der Waals surface area contributed by atoms with Crippen molar-refractivity contribution in [1.29, 1.82) is 0 Å². The Bertz CT molecular complexity index is 1780. The molecule has 0 radical (unpaired) electrons. The molecular weight excluding hydrogens is 680 g/mol. The summed E-state index contributed by atoms with van der Waals surface area (Å²) in [5, 5.41) is 3.33. The van der Waals surface area contributed by atoms with Crippen LogP contribution in [-0.4, -0.2) is 82.3 Å². The van der Waals surface area contributed by atoms with Crippen molar-refractivity contribution in [2.75, 3.05) is 48.8 Å². The van der Waals surface area contributed by atoms with Crippen LogP contribution in [0.2, 0.25) is 18.1 Å². The number of thiophene rings is 1. The smallest absolute Gasteiger partial charge is 0.416 e. The van der Waals surface area contributed by atoms with E-state index in [0.29, 0.717) is 29.1 Å². The second kappa shape index (κ2) is 13.0. The summed E-state index contributed by atoms with van der Waals surface area (Å²) in [6, 6.07) is 8.29. The van der Waals surface area contributed by atoms with Crippen molar-refractivity contribution in [3.63, 3.8) is 0 Å². The first kappa shape index (κ1) is 35.3. The van der Waals surface area contributed by atoms with Gasteiger partial charge in [0.05, 0.1) is 34.4 Å². The molecule has 0 amide bonds. The molecule has 15 heteroatoms. The van der Waals surface area contributed by atoms with Gasteiger partial charge >= 0.3 is 6.18 Å². The molecule has 3 aliphatic heterocycles. The molecule has 2 atom stereocenters. The van der Waals surface area contributed by atoms with Crippen molar-refractivity contribution in [3.8, 4) is 10.6 Å². The lowest BCUT2D eigenvalue weighted by Crippen LogP contribution is -2.48. The molecular formula is C33H44F3N5O4S2Si. The molecule has 262 valence electrons. The van der Waals surface area contributed by atoms with E-state index in [9.17, 15) is 21.6 Å². The van der Waals surface area contributed by atoms with Gasteiger partial charge in [-0.25, -0.2) is 18.4 Å². The Hall–Kier alpha value is -2.56. The Kier molecular flexibility index (Phi) is 9.52. The zero-order chi connectivity index (χ0) is 34.6. The summed E-state index contributed by atoms with van der Waals surface area (Å²) >= 11 is 0.949. The maximum absolute atomic E-state index is 14.1. The first-order valence-electron chi connectivity index (χ1n) is 16.4. The molecule has 9 nitrogen and oxygen atoms in total. The summed E-state index contributed by atoms with van der Waals surface area (Å²) in [5.41, 5.74) is 1.43. The summed E-state index contributed by atoms with van der Waals surface area (Å²) in [5.74, 6) is -0.225. The highest BCUT2D eigenvalue weighted by atomic mass is 32.2. The van der Waals surface area contributed by atoms with Crippen molar-refractivity contribution in [2.45, 2.75) is 88.4 Å². The molecule has 2 bridgehead atoms. The van der Waals surface area contributed by atoms with Crippen LogP contribution in [0.3, 0.4) is 0 Å². The zero-order valence-electron chi connectivity index (χ0n) is 28.3. The monoisotopic (exact) mass is 723 g/mol. The van der Waals surface area contributed by atoms with Crippen LogP contribution in [0.5, 0.6) is 0 Å². The summed E-state index contributed by atoms with van der Waals surface area (Å²) in [4.78, 5) is 13.8. The van der Waals surface area contributed by atoms with Gasteiger partial charge in [-0.15, -0.1) is 11.3 Å². The van der Waals surface area contributed by atoms with Crippen LogP contribution in [0.15, 0.2) is 35.4 Å². The number of alkyl halides is 3. The van der Waals surface area contributed by atoms with Crippen molar-refractivity contribution >= 4 is 46.8 Å². The molecule has 3 aliphatic rings. The van der Waals surface area contributed by atoms with E-state index in [1.807, 2.05) is 19.1 Å². The fourth-order valence-corrected chi connectivity index (χ4v) is 10.3. The minimum absolute atomic E-state index is 0.000981. The number of anilines is 3. The van der Waals surface area contributed by atoms with E-state index in [1.54, 1.807) is 0 Å². The van der Waals surface area contributed by atoms with Crippen molar-refractivity contribution < 1.29 is 30.8 Å². The Morgan fingerprint density at radius 2 is 1.92 bits per heavy atom. The summed E-state index contributed by atoms with van der Waals surface area (Å²) in [7, 11) is -5.46. The molecule has 0 unspecified atom stereocenters. The van der Waals surface area contributed by atoms with Gasteiger partial charge in [-0.3, -0.25) is 4.90 Å². The van der Waals surface area contributed by atoms with E-state index in [-0.39, 0.29) is 45.4 Å². The molecule has 6 rings (SSSR count). The van der Waals surface area contributed by atoms with Crippen LogP contribution >= 0.6 is 11.3 Å². The molecule has 2 fully saturated rings. The van der Waals surface area contributed by atoms with Gasteiger partial charge in [-0.05, 0) is 60.8 Å². The fraction of sp³-hybridized carbons (Fsp3) is 0.576. The molecule has 1 N–H and O–H groups in total. The third-order valence-electron chi connectivity index (χ3n) is 10.2. The maximum Gasteiger partial charge on any atom is 0.420 e. The number of rotatable bonds is 9. The number of fused-ring (bicyclic) bond motifs is 3. The van der Waals surface area contributed by atoms with Crippen LogP contribution in [0, 0.1) is 0 Å². The van der Waals surface area contributed by atoms with E-state index < -0.39 is 29.9 Å². The van der Waals surface area contributed by atoms with E-state index in [2.05, 4.69) is 65.0 Å². The van der Waals surface area contributed by atoms with Gasteiger partial charge in [-0.2, -0.15) is 13.2 Å². The SMILES string of the molecule is CCc1cc(N2C[C@H]3C[C@@H]2CN3CCO[Si](C)(C)C(C)(C)C)ccc1Nc1ncc(C(F)(F)F)c(-c2cc3c(s2)COCCS3(=O)=O)n1. The number of ether oxygens (including phenoxy) is 1. The highest BCUT2D eigenvalue weighted by molar-refractivity contribution is 7.91. The van der Waals surface area contributed by atoms with E-state index in [1.165, 1.54) is 6.07 Å². The van der Waals surface area contributed by atoms with Crippen molar-refractivity contribution in [3.05, 3.63) is 46.5 Å². The molecule has 0 aliphatic carbocycles. The molecule has 2 aromatic heterocycles. The second-order valence-electron chi connectivity index (χ2n) is 14.3. The standard InChI is InChI=1S/C33H44F3N5O4S2Si/c1-7-21-14-22(41-19-23-15-24(41)18-40(23)10-11-45-48(5,6)32(2,3)4)8-9-26(21)38-31-37-17-25(33(34,35)36)30(39-31)27-16-29-28(46-27)20-44-12-13-47(29,42)43/h8-9,14,16-17,23-24H,7,10-13,15,18-20H2,1-6H3,(H,37,38,39)/t23-,24-/m1/s1. The van der Waals surface area contributed by atoms with Crippen LogP contribution in [0.1, 0.15) is 50.1 Å². The molecule has 48 heavy (non-hydrogen) atoms. The Labute approximate surface area is 285 Å². The number of aryl methyl sites for hydroxylation is 1. The number of likely N-dealkylation sites (tertiary alicyclic amines) is 1. The lowest BCUT2D eigenvalue weighted by molar-refractivity contribution is -0.137. The molecule has 5 heterocycles. The van der Waals surface area contributed by atoms with E-state index in [0.717, 1.165) is 61.4 Å². The number of piperazine rings is 1. The van der Waals surface area contributed by atoms with Gasteiger partial charge in [0, 0.05) is 60.8 Å². The first-order valence-corrected chi connectivity index (χ1v) is 21.8. The number of hydrogen-bond donors (Lipinski definition) is 1. The number of halogens is 3. The van der Waals surface area contributed by atoms with Gasteiger partial charge in [0.25, 0.3) is 0 Å². The lowest BCUT2D eigenvalue weighted by Gasteiger charge is -2.38. The van der Waals surface area contributed by atoms with Gasteiger partial charge in [0.1, 0.15) is 5.56 Å². The lowest BCUT2D eigenvalue weighted by atomic mass is 10.1. The summed E-state index contributed by atoms with van der Waals surface area (Å²) < 4.78 is 79.6. The van der Waals surface area contributed by atoms with Gasteiger partial charge in [0.2, 0.25) is 5.95 Å². The highest BCUT2D eigenvalue weighted by Gasteiger charge is 2.44. The summed E-state index contributed by atoms with van der Waals surface area (Å²) in [6.45, 7) is 17.1. The van der Waals surface area contributed by atoms with Gasteiger partial charge in [-0.1, -0.05) is 27.7 Å². The third kappa shape index (κ3) is 7.04. The van der Waals surface area contributed by atoms with E-state index in [4.69, 9.17) is 9.16 Å². The van der Waals surface area contributed by atoms with Crippen LogP contribution in [0.25, 0.3) is 10.6 Å². The number of sulfone groups is 1. The van der Waals surface area contributed by atoms with Crippen molar-refractivity contribution in [2.24, 2.45) is 0 Å². The number of aromatic nitrogens is 2. The topological polar surface area (TPSA) is 96.9 Å². The van der Waals surface area contributed by atoms with Crippen LogP contribution in [-0.2, 0) is 38.2 Å². The second-order valence-corrected chi connectivity index (χ2v) is 22.4. The number of benzene rings is 1. The molecule has 1 aromatic carbocycles. The predicted octanol–water partition coefficient (Wildman–Crippen LogP) is 7.12. The molecule has 3 aromatic rings. The fourth-order valence-electron chi connectivity index (χ4n) is 6.44. The largest absolute Gasteiger partial charge is 0.420 e. The minimum Gasteiger partial charge on any atom is -0.416 e. The quantitative estimate of drug-likeness (QED) is 0.232. The molecule has 0 spiro atoms. The van der Waals surface area contributed by atoms with Crippen molar-refractivity contribution in [1.82, 2.24) is 14.9 Å². The number of nitrogens with one attached hydrogen (secondary N) is 1. The Morgan fingerprint density at radius 1 is 1.15 bits per heavy atom.